The van der Waals surface area contributed by atoms with Gasteiger partial charge in [-0.3, -0.25) is 4.79 Å². The van der Waals surface area contributed by atoms with E-state index in [2.05, 4.69) is 9.72 Å². The number of ether oxygens (including phenoxy) is 3. The van der Waals surface area contributed by atoms with E-state index >= 15 is 0 Å². The summed E-state index contributed by atoms with van der Waals surface area (Å²) in [5.41, 5.74) is 6.84. The summed E-state index contributed by atoms with van der Waals surface area (Å²) in [5, 5.41) is 0. The van der Waals surface area contributed by atoms with Gasteiger partial charge >= 0.3 is 5.97 Å². The van der Waals surface area contributed by atoms with Gasteiger partial charge in [0.15, 0.2) is 0 Å². The van der Waals surface area contributed by atoms with Crippen LogP contribution in [0.4, 0.5) is 0 Å². The van der Waals surface area contributed by atoms with E-state index in [1.165, 1.54) is 14.2 Å². The molecule has 1 aromatic heterocycles. The molecule has 106 valence electrons. The van der Waals surface area contributed by atoms with Crippen LogP contribution in [0, 0.1) is 0 Å². The van der Waals surface area contributed by atoms with Gasteiger partial charge in [0.1, 0.15) is 5.75 Å². The second-order valence-electron chi connectivity index (χ2n) is 4.01. The van der Waals surface area contributed by atoms with E-state index in [0.717, 1.165) is 5.56 Å². The van der Waals surface area contributed by atoms with Crippen molar-refractivity contribution in [3.8, 4) is 11.6 Å². The monoisotopic (exact) mass is 268 g/mol. The molecule has 19 heavy (non-hydrogen) atoms. The van der Waals surface area contributed by atoms with E-state index in [1.807, 2.05) is 0 Å². The zero-order chi connectivity index (χ0) is 14.3. The SMILES string of the molecule is COC(=O)CCCC(N)c1c(OC)ccnc1OC. The molecule has 0 radical (unpaired) electrons. The standard InChI is InChI=1S/C13H20N2O4/c1-17-10-7-8-15-13(19-3)12(10)9(14)5-4-6-11(16)18-2/h7-9H,4-6,14H2,1-3H3. The first-order valence-electron chi connectivity index (χ1n) is 6.03. The van der Waals surface area contributed by atoms with Gasteiger partial charge in [-0.1, -0.05) is 0 Å². The topological polar surface area (TPSA) is 83.7 Å². The fraction of sp³-hybridized carbons (Fsp3) is 0.538. The molecule has 0 saturated carbocycles. The van der Waals surface area contributed by atoms with E-state index < -0.39 is 0 Å². The highest BCUT2D eigenvalue weighted by molar-refractivity contribution is 5.69. The van der Waals surface area contributed by atoms with Gasteiger partial charge in [0.2, 0.25) is 5.88 Å². The number of carbonyl (C=O) groups is 1. The molecule has 0 spiro atoms. The molecule has 1 rings (SSSR count). The smallest absolute Gasteiger partial charge is 0.305 e. The maximum atomic E-state index is 11.1. The number of pyridine rings is 1. The molecule has 0 aliphatic heterocycles. The Balaban J connectivity index is 2.75. The van der Waals surface area contributed by atoms with E-state index in [9.17, 15) is 4.79 Å². The van der Waals surface area contributed by atoms with Crippen LogP contribution in [0.25, 0.3) is 0 Å². The summed E-state index contributed by atoms with van der Waals surface area (Å²) in [7, 11) is 4.47. The van der Waals surface area contributed by atoms with Crippen molar-refractivity contribution >= 4 is 5.97 Å². The number of hydrogen-bond acceptors (Lipinski definition) is 6. The van der Waals surface area contributed by atoms with Crippen molar-refractivity contribution in [2.24, 2.45) is 5.73 Å². The fourth-order valence-electron chi connectivity index (χ4n) is 1.83. The van der Waals surface area contributed by atoms with E-state index in [0.29, 0.717) is 30.9 Å². The van der Waals surface area contributed by atoms with Crippen LogP contribution in [-0.4, -0.2) is 32.3 Å². The van der Waals surface area contributed by atoms with E-state index in [-0.39, 0.29) is 12.0 Å². The minimum atomic E-state index is -0.303. The molecule has 1 aromatic rings. The lowest BCUT2D eigenvalue weighted by atomic mass is 10.0. The van der Waals surface area contributed by atoms with Crippen LogP contribution in [0.15, 0.2) is 12.3 Å². The highest BCUT2D eigenvalue weighted by Crippen LogP contribution is 2.33. The van der Waals surface area contributed by atoms with Crippen LogP contribution in [0.1, 0.15) is 30.9 Å². The van der Waals surface area contributed by atoms with E-state index in [4.69, 9.17) is 15.2 Å². The summed E-state index contributed by atoms with van der Waals surface area (Å²) in [6, 6.07) is 1.43. The van der Waals surface area contributed by atoms with Gasteiger partial charge in [0.05, 0.1) is 26.9 Å². The minimum Gasteiger partial charge on any atom is -0.496 e. The number of carbonyl (C=O) groups excluding carboxylic acids is 1. The summed E-state index contributed by atoms with van der Waals surface area (Å²) in [6.07, 6.45) is 3.19. The number of nitrogens with two attached hydrogens (primary N) is 1. The van der Waals surface area contributed by atoms with Crippen LogP contribution in [0.2, 0.25) is 0 Å². The number of hydrogen-bond donors (Lipinski definition) is 1. The van der Waals surface area contributed by atoms with Crippen molar-refractivity contribution in [1.82, 2.24) is 4.98 Å². The molecule has 0 fully saturated rings. The van der Waals surface area contributed by atoms with E-state index in [1.54, 1.807) is 19.4 Å². The lowest BCUT2D eigenvalue weighted by Crippen LogP contribution is -2.14. The molecule has 1 unspecified atom stereocenters. The van der Waals surface area contributed by atoms with Gasteiger partial charge in [0, 0.05) is 18.7 Å². The largest absolute Gasteiger partial charge is 0.496 e. The highest BCUT2D eigenvalue weighted by Gasteiger charge is 2.18. The fourth-order valence-corrected chi connectivity index (χ4v) is 1.83. The number of methoxy groups -OCH3 is 3. The quantitative estimate of drug-likeness (QED) is 0.753. The highest BCUT2D eigenvalue weighted by atomic mass is 16.5. The minimum absolute atomic E-state index is 0.239. The zero-order valence-corrected chi connectivity index (χ0v) is 11.5. The first kappa shape index (κ1) is 15.2. The molecule has 0 saturated heterocycles. The molecule has 2 N–H and O–H groups in total. The van der Waals surface area contributed by atoms with Crippen molar-refractivity contribution in [2.75, 3.05) is 21.3 Å². The predicted octanol–water partition coefficient (Wildman–Crippen LogP) is 1.44. The summed E-state index contributed by atoms with van der Waals surface area (Å²) in [6.45, 7) is 0. The van der Waals surface area contributed by atoms with Crippen LogP contribution < -0.4 is 15.2 Å². The molecular weight excluding hydrogens is 248 g/mol. The van der Waals surface area contributed by atoms with Crippen molar-refractivity contribution in [1.29, 1.82) is 0 Å². The molecular formula is C13H20N2O4. The number of rotatable bonds is 7. The van der Waals surface area contributed by atoms with Crippen molar-refractivity contribution in [3.05, 3.63) is 17.8 Å². The Labute approximate surface area is 112 Å². The first-order chi connectivity index (χ1) is 9.13. The maximum absolute atomic E-state index is 11.1. The molecule has 0 aliphatic carbocycles. The third kappa shape index (κ3) is 4.10. The van der Waals surface area contributed by atoms with Crippen molar-refractivity contribution in [3.63, 3.8) is 0 Å². The second-order valence-corrected chi connectivity index (χ2v) is 4.01. The second kappa shape index (κ2) is 7.58. The molecule has 1 heterocycles. The Morgan fingerprint density at radius 3 is 2.68 bits per heavy atom. The van der Waals surface area contributed by atoms with Gasteiger partial charge in [-0.15, -0.1) is 0 Å². The third-order valence-electron chi connectivity index (χ3n) is 2.82. The zero-order valence-electron chi connectivity index (χ0n) is 11.5. The molecule has 0 aromatic carbocycles. The summed E-state index contributed by atoms with van der Waals surface area (Å²) in [5.74, 6) is 0.847. The molecule has 0 aliphatic rings. The molecule has 6 heteroatoms. The normalized spacial score (nSPS) is 11.8. The van der Waals surface area contributed by atoms with Gasteiger partial charge in [-0.05, 0) is 18.9 Å². The van der Waals surface area contributed by atoms with Crippen molar-refractivity contribution in [2.45, 2.75) is 25.3 Å². The lowest BCUT2D eigenvalue weighted by molar-refractivity contribution is -0.140. The summed E-state index contributed by atoms with van der Waals surface area (Å²) < 4.78 is 15.0. The van der Waals surface area contributed by atoms with Crippen LogP contribution in [0.5, 0.6) is 11.6 Å². The molecule has 0 amide bonds. The Morgan fingerprint density at radius 1 is 1.37 bits per heavy atom. The number of nitrogens with zero attached hydrogens (tertiary/aromatic N) is 1. The predicted molar refractivity (Wildman–Crippen MR) is 70.1 cm³/mol. The molecule has 1 atom stereocenters. The summed E-state index contributed by atoms with van der Waals surface area (Å²) in [4.78, 5) is 15.2. The van der Waals surface area contributed by atoms with Crippen molar-refractivity contribution < 1.29 is 19.0 Å². The Morgan fingerprint density at radius 2 is 2.11 bits per heavy atom. The van der Waals surface area contributed by atoms with Gasteiger partial charge in [-0.2, -0.15) is 0 Å². The Bertz CT molecular complexity index is 401. The molecule has 0 bridgehead atoms. The maximum Gasteiger partial charge on any atom is 0.305 e. The van der Waals surface area contributed by atoms with Crippen LogP contribution in [0.3, 0.4) is 0 Å². The summed E-state index contributed by atoms with van der Waals surface area (Å²) >= 11 is 0. The average molecular weight is 268 g/mol. The number of esters is 1. The van der Waals surface area contributed by atoms with Gasteiger partial charge in [-0.25, -0.2) is 4.98 Å². The Hall–Kier alpha value is -1.82. The van der Waals surface area contributed by atoms with Crippen LogP contribution >= 0.6 is 0 Å². The average Bonchev–Trinajstić information content (AvgIpc) is 2.45. The third-order valence-corrected chi connectivity index (χ3v) is 2.82. The Kier molecular flexibility index (Phi) is 6.08. The lowest BCUT2D eigenvalue weighted by Gasteiger charge is -2.17. The van der Waals surface area contributed by atoms with Gasteiger partial charge in [0.25, 0.3) is 0 Å². The van der Waals surface area contributed by atoms with Crippen LogP contribution in [-0.2, 0) is 9.53 Å². The first-order valence-corrected chi connectivity index (χ1v) is 6.03. The van der Waals surface area contributed by atoms with Gasteiger partial charge < -0.3 is 19.9 Å². The molecule has 6 nitrogen and oxygen atoms in total. The number of aromatic nitrogens is 1.